The summed E-state index contributed by atoms with van der Waals surface area (Å²) in [5, 5.41) is 8.33. The van der Waals surface area contributed by atoms with Crippen LogP contribution in [0.2, 0.25) is 0 Å². The van der Waals surface area contributed by atoms with Crippen LogP contribution in [0, 0.1) is 11.2 Å². The summed E-state index contributed by atoms with van der Waals surface area (Å²) in [7, 11) is 0. The molecule has 0 unspecified atom stereocenters. The molecular weight excluding hydrogens is 420 g/mol. The third kappa shape index (κ3) is 5.62. The predicted molar refractivity (Wildman–Crippen MR) is 114 cm³/mol. The topological polar surface area (TPSA) is 96.0 Å². The van der Waals surface area contributed by atoms with Gasteiger partial charge in [0.1, 0.15) is 5.82 Å². The monoisotopic (exact) mass is 443 g/mol. The molecule has 0 saturated carbocycles. The Hall–Kier alpha value is -2.29. The molecule has 0 radical (unpaired) electrons. The highest BCUT2D eigenvalue weighted by atomic mass is 35.5. The standard InChI is InChI=1S/C19H22FN5O2.2ClH/c1-19(2,3)18(27)25-16-15(22-8-9-23-16)17(26)24-13-5-4-11-10-21-7-6-12(11)14(13)20;;/h4-5,8-9,21H,6-7,10H2,1-3H3,(H,24,26)(H,23,25,27);2*1H. The number of hydrogen-bond acceptors (Lipinski definition) is 5. The summed E-state index contributed by atoms with van der Waals surface area (Å²) in [5.41, 5.74) is 0.832. The molecule has 0 fully saturated rings. The molecule has 2 amide bonds. The number of nitrogens with one attached hydrogen (secondary N) is 3. The molecule has 7 nitrogen and oxygen atoms in total. The van der Waals surface area contributed by atoms with E-state index < -0.39 is 17.1 Å². The summed E-state index contributed by atoms with van der Waals surface area (Å²) in [6.07, 6.45) is 3.28. The summed E-state index contributed by atoms with van der Waals surface area (Å²) in [6, 6.07) is 3.32. The number of nitrogens with zero attached hydrogens (tertiary/aromatic N) is 2. The summed E-state index contributed by atoms with van der Waals surface area (Å²) in [6.45, 7) is 6.53. The van der Waals surface area contributed by atoms with E-state index in [0.29, 0.717) is 25.1 Å². The average Bonchev–Trinajstić information content (AvgIpc) is 2.64. The Labute approximate surface area is 181 Å². The van der Waals surface area contributed by atoms with Crippen molar-refractivity contribution in [2.24, 2.45) is 5.41 Å². The van der Waals surface area contributed by atoms with Gasteiger partial charge in [-0.1, -0.05) is 26.8 Å². The van der Waals surface area contributed by atoms with E-state index in [2.05, 4.69) is 25.9 Å². The zero-order valence-electron chi connectivity index (χ0n) is 16.3. The van der Waals surface area contributed by atoms with E-state index in [1.807, 2.05) is 0 Å². The second-order valence-electron chi connectivity index (χ2n) is 7.40. The van der Waals surface area contributed by atoms with Crippen LogP contribution in [0.1, 0.15) is 42.4 Å². The van der Waals surface area contributed by atoms with Crippen LogP contribution in [-0.4, -0.2) is 28.3 Å². The average molecular weight is 444 g/mol. The molecule has 0 atom stereocenters. The van der Waals surface area contributed by atoms with Crippen LogP contribution >= 0.6 is 24.8 Å². The molecule has 3 N–H and O–H groups in total. The Morgan fingerprint density at radius 3 is 2.48 bits per heavy atom. The number of carbonyl (C=O) groups excluding carboxylic acids is 2. The SMILES string of the molecule is CC(C)(C)C(=O)Nc1nccnc1C(=O)Nc1ccc2c(c1F)CCNC2.Cl.Cl. The number of anilines is 2. The first-order chi connectivity index (χ1) is 12.8. The second kappa shape index (κ2) is 9.96. The van der Waals surface area contributed by atoms with Crippen LogP contribution in [0.5, 0.6) is 0 Å². The number of carbonyl (C=O) groups is 2. The van der Waals surface area contributed by atoms with Crippen molar-refractivity contribution in [3.05, 3.63) is 47.2 Å². The third-order valence-electron chi connectivity index (χ3n) is 4.28. The number of benzene rings is 1. The van der Waals surface area contributed by atoms with E-state index in [4.69, 9.17) is 0 Å². The predicted octanol–water partition coefficient (Wildman–Crippen LogP) is 3.34. The molecule has 0 bridgehead atoms. The highest BCUT2D eigenvalue weighted by Crippen LogP contribution is 2.25. The number of amides is 2. The largest absolute Gasteiger partial charge is 0.318 e. The van der Waals surface area contributed by atoms with E-state index >= 15 is 0 Å². The minimum Gasteiger partial charge on any atom is -0.318 e. The van der Waals surface area contributed by atoms with Crippen molar-refractivity contribution >= 4 is 48.1 Å². The molecule has 29 heavy (non-hydrogen) atoms. The molecule has 2 heterocycles. The lowest BCUT2D eigenvalue weighted by Crippen LogP contribution is -2.30. The lowest BCUT2D eigenvalue weighted by atomic mass is 9.96. The highest BCUT2D eigenvalue weighted by molar-refractivity contribution is 6.08. The van der Waals surface area contributed by atoms with Crippen LogP contribution < -0.4 is 16.0 Å². The number of halogens is 3. The minimum atomic E-state index is -0.663. The maximum Gasteiger partial charge on any atom is 0.278 e. The molecular formula is C19H24Cl2FN5O2. The zero-order valence-corrected chi connectivity index (χ0v) is 18.0. The van der Waals surface area contributed by atoms with E-state index in [0.717, 1.165) is 5.56 Å². The molecule has 2 aromatic rings. The first-order valence-corrected chi connectivity index (χ1v) is 8.72. The van der Waals surface area contributed by atoms with Crippen molar-refractivity contribution in [3.63, 3.8) is 0 Å². The molecule has 0 saturated heterocycles. The molecule has 158 valence electrons. The normalized spacial score (nSPS) is 12.7. The van der Waals surface area contributed by atoms with Crippen molar-refractivity contribution in [2.45, 2.75) is 33.7 Å². The smallest absolute Gasteiger partial charge is 0.278 e. The van der Waals surface area contributed by atoms with Crippen LogP contribution in [0.3, 0.4) is 0 Å². The third-order valence-corrected chi connectivity index (χ3v) is 4.28. The molecule has 3 rings (SSSR count). The van der Waals surface area contributed by atoms with Gasteiger partial charge in [0, 0.05) is 24.4 Å². The van der Waals surface area contributed by atoms with Gasteiger partial charge in [0.25, 0.3) is 5.91 Å². The van der Waals surface area contributed by atoms with E-state index in [1.165, 1.54) is 18.5 Å². The van der Waals surface area contributed by atoms with Crippen molar-refractivity contribution in [1.82, 2.24) is 15.3 Å². The van der Waals surface area contributed by atoms with Crippen LogP contribution in [0.4, 0.5) is 15.9 Å². The van der Waals surface area contributed by atoms with Crippen molar-refractivity contribution < 1.29 is 14.0 Å². The summed E-state index contributed by atoms with van der Waals surface area (Å²) in [4.78, 5) is 32.9. The van der Waals surface area contributed by atoms with Gasteiger partial charge in [-0.2, -0.15) is 0 Å². The number of rotatable bonds is 3. The molecule has 0 spiro atoms. The Balaban J connectivity index is 0.00000210. The first kappa shape index (κ1) is 24.7. The Morgan fingerprint density at radius 1 is 1.10 bits per heavy atom. The quantitative estimate of drug-likeness (QED) is 0.675. The maximum absolute atomic E-state index is 14.7. The molecule has 1 aromatic heterocycles. The lowest BCUT2D eigenvalue weighted by Gasteiger charge is -2.20. The molecule has 1 aliphatic rings. The highest BCUT2D eigenvalue weighted by Gasteiger charge is 2.25. The minimum absolute atomic E-state index is 0. The van der Waals surface area contributed by atoms with E-state index in [1.54, 1.807) is 26.8 Å². The number of aromatic nitrogens is 2. The van der Waals surface area contributed by atoms with Gasteiger partial charge in [0.15, 0.2) is 11.5 Å². The Morgan fingerprint density at radius 2 is 1.79 bits per heavy atom. The Kier molecular flexibility index (Phi) is 8.50. The van der Waals surface area contributed by atoms with Crippen LogP contribution in [0.25, 0.3) is 0 Å². The Bertz CT molecular complexity index is 903. The van der Waals surface area contributed by atoms with Gasteiger partial charge in [-0.05, 0) is 30.2 Å². The van der Waals surface area contributed by atoms with Gasteiger partial charge in [0.2, 0.25) is 5.91 Å². The fourth-order valence-electron chi connectivity index (χ4n) is 2.70. The second-order valence-corrected chi connectivity index (χ2v) is 7.40. The van der Waals surface area contributed by atoms with Crippen molar-refractivity contribution in [2.75, 3.05) is 17.2 Å². The zero-order chi connectivity index (χ0) is 19.6. The number of hydrogen-bond donors (Lipinski definition) is 3. The molecule has 0 aliphatic carbocycles. The lowest BCUT2D eigenvalue weighted by molar-refractivity contribution is -0.123. The van der Waals surface area contributed by atoms with Gasteiger partial charge in [-0.15, -0.1) is 24.8 Å². The maximum atomic E-state index is 14.7. The summed E-state index contributed by atoms with van der Waals surface area (Å²) >= 11 is 0. The van der Waals surface area contributed by atoms with Gasteiger partial charge < -0.3 is 16.0 Å². The van der Waals surface area contributed by atoms with Gasteiger partial charge in [-0.3, -0.25) is 9.59 Å². The first-order valence-electron chi connectivity index (χ1n) is 8.72. The van der Waals surface area contributed by atoms with Crippen LogP contribution in [-0.2, 0) is 17.8 Å². The fraction of sp³-hybridized carbons (Fsp3) is 0.368. The van der Waals surface area contributed by atoms with Gasteiger partial charge in [-0.25, -0.2) is 14.4 Å². The van der Waals surface area contributed by atoms with Gasteiger partial charge >= 0.3 is 0 Å². The fourth-order valence-corrected chi connectivity index (χ4v) is 2.70. The van der Waals surface area contributed by atoms with E-state index in [-0.39, 0.29) is 47.9 Å². The summed E-state index contributed by atoms with van der Waals surface area (Å²) in [5.74, 6) is -1.34. The van der Waals surface area contributed by atoms with Crippen molar-refractivity contribution in [3.8, 4) is 0 Å². The number of fused-ring (bicyclic) bond motifs is 1. The molecule has 1 aliphatic heterocycles. The van der Waals surface area contributed by atoms with Crippen LogP contribution in [0.15, 0.2) is 24.5 Å². The van der Waals surface area contributed by atoms with Gasteiger partial charge in [0.05, 0.1) is 5.69 Å². The summed E-state index contributed by atoms with van der Waals surface area (Å²) < 4.78 is 14.7. The molecule has 10 heteroatoms. The van der Waals surface area contributed by atoms with E-state index in [9.17, 15) is 14.0 Å². The molecule has 1 aromatic carbocycles. The van der Waals surface area contributed by atoms with Crippen molar-refractivity contribution in [1.29, 1.82) is 0 Å².